The molecule has 0 amide bonds. The lowest BCUT2D eigenvalue weighted by atomic mass is 10.0. The van der Waals surface area contributed by atoms with E-state index in [1.807, 2.05) is 43.3 Å². The summed E-state index contributed by atoms with van der Waals surface area (Å²) in [6.07, 6.45) is -0.835. The number of aryl methyl sites for hydroxylation is 1. The largest absolute Gasteiger partial charge is 0.496 e. The third-order valence-electron chi connectivity index (χ3n) is 3.52. The lowest BCUT2D eigenvalue weighted by Crippen LogP contribution is -1.99. The van der Waals surface area contributed by atoms with Gasteiger partial charge in [-0.1, -0.05) is 29.8 Å². The number of ether oxygens (including phenoxy) is 1. The molecular weight excluding hydrogens is 288 g/mol. The summed E-state index contributed by atoms with van der Waals surface area (Å²) in [5.74, 6) is 1.27. The van der Waals surface area contributed by atoms with Crippen molar-refractivity contribution in [2.75, 3.05) is 7.11 Å². The average Bonchev–Trinajstić information content (AvgIpc) is 2.92. The number of furan rings is 1. The molecule has 1 N–H and O–H groups in total. The monoisotopic (exact) mass is 302 g/mol. The molecule has 2 aromatic carbocycles. The predicted octanol–water partition coefficient (Wildman–Crippen LogP) is 4.48. The molecule has 0 spiro atoms. The summed E-state index contributed by atoms with van der Waals surface area (Å²) in [7, 11) is 1.62. The van der Waals surface area contributed by atoms with E-state index in [0.29, 0.717) is 16.4 Å². The summed E-state index contributed by atoms with van der Waals surface area (Å²) in [4.78, 5) is 0. The number of halogens is 1. The maximum absolute atomic E-state index is 10.5. The average molecular weight is 303 g/mol. The van der Waals surface area contributed by atoms with Crippen LogP contribution in [-0.2, 0) is 0 Å². The van der Waals surface area contributed by atoms with Gasteiger partial charge in [-0.25, -0.2) is 0 Å². The van der Waals surface area contributed by atoms with Crippen molar-refractivity contribution in [1.82, 2.24) is 0 Å². The van der Waals surface area contributed by atoms with Crippen molar-refractivity contribution in [2.24, 2.45) is 0 Å². The number of fused-ring (bicyclic) bond motifs is 1. The van der Waals surface area contributed by atoms with Crippen LogP contribution in [0.5, 0.6) is 5.75 Å². The second-order valence-electron chi connectivity index (χ2n) is 4.94. The van der Waals surface area contributed by atoms with Crippen LogP contribution >= 0.6 is 11.6 Å². The van der Waals surface area contributed by atoms with Crippen LogP contribution in [0.15, 0.2) is 46.9 Å². The summed E-state index contributed by atoms with van der Waals surface area (Å²) in [5, 5.41) is 11.9. The predicted molar refractivity (Wildman–Crippen MR) is 83.0 cm³/mol. The molecule has 1 heterocycles. The van der Waals surface area contributed by atoms with E-state index in [-0.39, 0.29) is 0 Å². The van der Waals surface area contributed by atoms with Crippen LogP contribution in [0.4, 0.5) is 0 Å². The molecular formula is C17H15ClO3. The van der Waals surface area contributed by atoms with E-state index in [4.69, 9.17) is 20.8 Å². The summed E-state index contributed by atoms with van der Waals surface area (Å²) >= 11 is 6.09. The Kier molecular flexibility index (Phi) is 3.62. The van der Waals surface area contributed by atoms with Crippen LogP contribution < -0.4 is 4.74 Å². The Morgan fingerprint density at radius 2 is 2.00 bits per heavy atom. The molecule has 0 fully saturated rings. The Labute approximate surface area is 127 Å². The van der Waals surface area contributed by atoms with E-state index in [1.165, 1.54) is 0 Å². The van der Waals surface area contributed by atoms with Gasteiger partial charge in [-0.05, 0) is 42.3 Å². The van der Waals surface area contributed by atoms with Crippen molar-refractivity contribution in [3.05, 3.63) is 64.4 Å². The minimum Gasteiger partial charge on any atom is -0.496 e. The molecule has 0 bridgehead atoms. The zero-order valence-electron chi connectivity index (χ0n) is 11.8. The molecule has 3 nitrogen and oxygen atoms in total. The van der Waals surface area contributed by atoms with Gasteiger partial charge >= 0.3 is 0 Å². The van der Waals surface area contributed by atoms with Crippen molar-refractivity contribution in [2.45, 2.75) is 13.0 Å². The molecule has 21 heavy (non-hydrogen) atoms. The standard InChI is InChI=1S/C17H15ClO3/c1-10-8-11(6-7-14(10)20-2)16(19)15-9-12-4-3-5-13(18)17(12)21-15/h3-9,16,19H,1-2H3. The van der Waals surface area contributed by atoms with Crippen molar-refractivity contribution in [3.63, 3.8) is 0 Å². The molecule has 0 aliphatic rings. The summed E-state index contributed by atoms with van der Waals surface area (Å²) in [5.41, 5.74) is 2.31. The zero-order valence-corrected chi connectivity index (χ0v) is 12.5. The van der Waals surface area contributed by atoms with E-state index in [0.717, 1.165) is 22.3 Å². The van der Waals surface area contributed by atoms with Crippen LogP contribution in [0.3, 0.4) is 0 Å². The van der Waals surface area contributed by atoms with Crippen LogP contribution in [0.2, 0.25) is 5.02 Å². The summed E-state index contributed by atoms with van der Waals surface area (Å²) in [6, 6.07) is 12.9. The first kappa shape index (κ1) is 14.0. The topological polar surface area (TPSA) is 42.6 Å². The first-order chi connectivity index (χ1) is 10.1. The van der Waals surface area contributed by atoms with Crippen LogP contribution in [0.25, 0.3) is 11.0 Å². The van der Waals surface area contributed by atoms with Gasteiger partial charge in [0, 0.05) is 5.39 Å². The summed E-state index contributed by atoms with van der Waals surface area (Å²) in [6.45, 7) is 1.94. The molecule has 1 atom stereocenters. The Morgan fingerprint density at radius 1 is 1.19 bits per heavy atom. The molecule has 0 saturated carbocycles. The quantitative estimate of drug-likeness (QED) is 0.775. The summed E-state index contributed by atoms with van der Waals surface area (Å²) < 4.78 is 10.9. The van der Waals surface area contributed by atoms with Gasteiger partial charge in [-0.3, -0.25) is 0 Å². The number of hydrogen-bond donors (Lipinski definition) is 1. The number of hydrogen-bond acceptors (Lipinski definition) is 3. The van der Waals surface area contributed by atoms with E-state index in [9.17, 15) is 5.11 Å². The first-order valence-electron chi connectivity index (χ1n) is 6.60. The van der Waals surface area contributed by atoms with Gasteiger partial charge in [-0.2, -0.15) is 0 Å². The van der Waals surface area contributed by atoms with Crippen LogP contribution in [-0.4, -0.2) is 12.2 Å². The van der Waals surface area contributed by atoms with Gasteiger partial charge in [0.15, 0.2) is 5.58 Å². The molecule has 1 aromatic heterocycles. The second-order valence-corrected chi connectivity index (χ2v) is 5.35. The minimum absolute atomic E-state index is 0.475. The maximum atomic E-state index is 10.5. The smallest absolute Gasteiger partial charge is 0.153 e. The number of aliphatic hydroxyl groups is 1. The van der Waals surface area contributed by atoms with Crippen molar-refractivity contribution in [1.29, 1.82) is 0 Å². The van der Waals surface area contributed by atoms with Gasteiger partial charge in [0.25, 0.3) is 0 Å². The molecule has 108 valence electrons. The third-order valence-corrected chi connectivity index (χ3v) is 3.82. The van der Waals surface area contributed by atoms with Crippen molar-refractivity contribution < 1.29 is 14.3 Å². The van der Waals surface area contributed by atoms with Gasteiger partial charge in [0.05, 0.1) is 12.1 Å². The molecule has 1 unspecified atom stereocenters. The molecule has 4 heteroatoms. The lowest BCUT2D eigenvalue weighted by molar-refractivity contribution is 0.192. The third kappa shape index (κ3) is 2.50. The fourth-order valence-electron chi connectivity index (χ4n) is 2.42. The number of rotatable bonds is 3. The SMILES string of the molecule is COc1ccc(C(O)c2cc3cccc(Cl)c3o2)cc1C. The Balaban J connectivity index is 2.01. The van der Waals surface area contributed by atoms with Gasteiger partial charge in [0.1, 0.15) is 17.6 Å². The van der Waals surface area contributed by atoms with Crippen molar-refractivity contribution >= 4 is 22.6 Å². The normalized spacial score (nSPS) is 12.6. The van der Waals surface area contributed by atoms with Crippen LogP contribution in [0, 0.1) is 6.92 Å². The zero-order chi connectivity index (χ0) is 15.0. The highest BCUT2D eigenvalue weighted by atomic mass is 35.5. The molecule has 0 saturated heterocycles. The lowest BCUT2D eigenvalue weighted by Gasteiger charge is -2.11. The number of methoxy groups -OCH3 is 1. The highest BCUT2D eigenvalue weighted by Gasteiger charge is 2.17. The number of aliphatic hydroxyl groups excluding tert-OH is 1. The minimum atomic E-state index is -0.835. The second kappa shape index (κ2) is 5.43. The molecule has 3 rings (SSSR count). The Bertz CT molecular complexity index is 792. The fraction of sp³-hybridized carbons (Fsp3) is 0.176. The van der Waals surface area contributed by atoms with E-state index < -0.39 is 6.10 Å². The Hall–Kier alpha value is -1.97. The highest BCUT2D eigenvalue weighted by Crippen LogP contribution is 2.33. The Morgan fingerprint density at radius 3 is 2.67 bits per heavy atom. The van der Waals surface area contributed by atoms with Crippen molar-refractivity contribution in [3.8, 4) is 5.75 Å². The molecule has 0 aliphatic carbocycles. The van der Waals surface area contributed by atoms with Gasteiger partial charge in [-0.15, -0.1) is 0 Å². The van der Waals surface area contributed by atoms with E-state index in [2.05, 4.69) is 0 Å². The highest BCUT2D eigenvalue weighted by molar-refractivity contribution is 6.34. The first-order valence-corrected chi connectivity index (χ1v) is 6.98. The number of benzene rings is 2. The van der Waals surface area contributed by atoms with Gasteiger partial charge in [0.2, 0.25) is 0 Å². The molecule has 0 aliphatic heterocycles. The van der Waals surface area contributed by atoms with Gasteiger partial charge < -0.3 is 14.3 Å². The van der Waals surface area contributed by atoms with E-state index in [1.54, 1.807) is 13.2 Å². The number of para-hydroxylation sites is 1. The fourth-order valence-corrected chi connectivity index (χ4v) is 2.64. The van der Waals surface area contributed by atoms with Crippen LogP contribution in [0.1, 0.15) is 23.0 Å². The maximum Gasteiger partial charge on any atom is 0.153 e. The van der Waals surface area contributed by atoms with E-state index >= 15 is 0 Å². The molecule has 0 radical (unpaired) electrons. The molecule has 3 aromatic rings.